The molecule has 2 aliphatic heterocycles. The van der Waals surface area contributed by atoms with Crippen LogP contribution in [0.25, 0.3) is 10.9 Å². The van der Waals surface area contributed by atoms with E-state index in [1.807, 2.05) is 30.3 Å². The number of β-amino-alcohol motifs (C(OH)–C–C–N with tert-alkyl or cyclic N) is 1. The van der Waals surface area contributed by atoms with Gasteiger partial charge in [0.05, 0.1) is 30.8 Å². The molecule has 6 heteroatoms. The molecule has 6 nitrogen and oxygen atoms in total. The summed E-state index contributed by atoms with van der Waals surface area (Å²) in [6.07, 6.45) is 3.96. The summed E-state index contributed by atoms with van der Waals surface area (Å²) < 4.78 is 5.62. The highest BCUT2D eigenvalue weighted by Crippen LogP contribution is 2.20. The number of fused-ring (bicyclic) bond motifs is 1. The fraction of sp³-hybridized carbons (Fsp3) is 0.500. The number of carbonyl (C=O) groups is 1. The molecular weight excluding hydrogens is 330 g/mol. The second kappa shape index (κ2) is 7.31. The van der Waals surface area contributed by atoms with Gasteiger partial charge >= 0.3 is 0 Å². The van der Waals surface area contributed by atoms with Crippen molar-refractivity contribution >= 4 is 16.8 Å². The Morgan fingerprint density at radius 3 is 2.88 bits per heavy atom. The van der Waals surface area contributed by atoms with Crippen LogP contribution in [0.4, 0.5) is 0 Å². The van der Waals surface area contributed by atoms with Gasteiger partial charge in [0.1, 0.15) is 5.60 Å². The number of rotatable bonds is 3. The van der Waals surface area contributed by atoms with Gasteiger partial charge in [0.2, 0.25) is 0 Å². The molecule has 2 saturated heterocycles. The zero-order chi connectivity index (χ0) is 18.0. The number of ether oxygens (including phenoxy) is 1. The minimum Gasteiger partial charge on any atom is -0.384 e. The highest BCUT2D eigenvalue weighted by molar-refractivity contribution is 5.97. The Morgan fingerprint density at radius 2 is 2.04 bits per heavy atom. The molecule has 0 aliphatic carbocycles. The zero-order valence-corrected chi connectivity index (χ0v) is 14.9. The summed E-state index contributed by atoms with van der Waals surface area (Å²) in [4.78, 5) is 21.4. The van der Waals surface area contributed by atoms with Crippen LogP contribution in [0.1, 0.15) is 23.2 Å². The minimum absolute atomic E-state index is 0.103. The van der Waals surface area contributed by atoms with Gasteiger partial charge in [0.25, 0.3) is 5.91 Å². The molecule has 0 spiro atoms. The first kappa shape index (κ1) is 17.4. The van der Waals surface area contributed by atoms with Crippen LogP contribution in [0.2, 0.25) is 0 Å². The minimum atomic E-state index is -1.03. The Morgan fingerprint density at radius 1 is 1.23 bits per heavy atom. The molecule has 4 rings (SSSR count). The normalized spacial score (nSPS) is 24.7. The summed E-state index contributed by atoms with van der Waals surface area (Å²) in [6.45, 7) is 4.03. The van der Waals surface area contributed by atoms with E-state index in [1.54, 1.807) is 11.1 Å². The molecule has 1 aromatic carbocycles. The largest absolute Gasteiger partial charge is 0.384 e. The summed E-state index contributed by atoms with van der Waals surface area (Å²) in [6, 6.07) is 9.62. The number of nitrogens with zero attached hydrogens (tertiary/aromatic N) is 3. The molecule has 0 radical (unpaired) electrons. The quantitative estimate of drug-likeness (QED) is 0.905. The number of benzene rings is 1. The van der Waals surface area contributed by atoms with E-state index < -0.39 is 5.60 Å². The lowest BCUT2D eigenvalue weighted by atomic mass is 10.0. The van der Waals surface area contributed by atoms with Crippen molar-refractivity contribution in [3.05, 3.63) is 42.1 Å². The Labute approximate surface area is 153 Å². The van der Waals surface area contributed by atoms with Gasteiger partial charge in [-0.2, -0.15) is 0 Å². The van der Waals surface area contributed by atoms with Crippen LogP contribution in [0.5, 0.6) is 0 Å². The predicted octanol–water partition coefficient (Wildman–Crippen LogP) is 1.53. The molecule has 0 unspecified atom stereocenters. The summed E-state index contributed by atoms with van der Waals surface area (Å²) >= 11 is 0. The van der Waals surface area contributed by atoms with Crippen LogP contribution in [0.15, 0.2) is 36.5 Å². The van der Waals surface area contributed by atoms with Crippen LogP contribution >= 0.6 is 0 Å². The average molecular weight is 355 g/mol. The molecule has 2 aromatic rings. The van der Waals surface area contributed by atoms with Crippen molar-refractivity contribution in [2.24, 2.45) is 0 Å². The van der Waals surface area contributed by atoms with Crippen molar-refractivity contribution in [2.45, 2.75) is 18.4 Å². The number of carbonyl (C=O) groups excluding carboxylic acids is 1. The fourth-order valence-electron chi connectivity index (χ4n) is 3.91. The van der Waals surface area contributed by atoms with E-state index in [0.29, 0.717) is 25.3 Å². The van der Waals surface area contributed by atoms with E-state index >= 15 is 0 Å². The molecular formula is C20H25N3O3. The second-order valence-electron chi connectivity index (χ2n) is 7.40. The third-order valence-electron chi connectivity index (χ3n) is 5.20. The molecule has 26 heavy (non-hydrogen) atoms. The number of para-hydroxylation sites is 1. The standard InChI is InChI=1S/C20H25N3O3/c24-19(17-11-16-5-1-2-6-18(16)21-12-17)23-9-10-26-15-20(25,14-23)13-22-7-3-4-8-22/h1-2,5-6,11-12,25H,3-4,7-10,13-15H2/t20-/m0/s1. The molecule has 2 fully saturated rings. The van der Waals surface area contributed by atoms with Gasteiger partial charge in [0, 0.05) is 24.7 Å². The van der Waals surface area contributed by atoms with Crippen molar-refractivity contribution in [2.75, 3.05) is 45.9 Å². The van der Waals surface area contributed by atoms with Gasteiger partial charge in [0.15, 0.2) is 0 Å². The third-order valence-corrected chi connectivity index (χ3v) is 5.20. The molecule has 1 atom stereocenters. The smallest absolute Gasteiger partial charge is 0.255 e. The number of amides is 1. The second-order valence-corrected chi connectivity index (χ2v) is 7.40. The maximum atomic E-state index is 13.0. The number of hydrogen-bond donors (Lipinski definition) is 1. The Kier molecular flexibility index (Phi) is 4.89. The molecule has 0 saturated carbocycles. The van der Waals surface area contributed by atoms with Crippen molar-refractivity contribution in [1.29, 1.82) is 0 Å². The Bertz CT molecular complexity index is 791. The first-order valence-corrected chi connectivity index (χ1v) is 9.30. The third kappa shape index (κ3) is 3.72. The molecule has 3 heterocycles. The van der Waals surface area contributed by atoms with Crippen LogP contribution in [0.3, 0.4) is 0 Å². The summed E-state index contributed by atoms with van der Waals surface area (Å²) in [5.41, 5.74) is 0.392. The summed E-state index contributed by atoms with van der Waals surface area (Å²) in [5, 5.41) is 12.0. The monoisotopic (exact) mass is 355 g/mol. The van der Waals surface area contributed by atoms with Gasteiger partial charge in [-0.25, -0.2) is 0 Å². The molecule has 1 aromatic heterocycles. The molecule has 138 valence electrons. The molecule has 1 amide bonds. The predicted molar refractivity (Wildman–Crippen MR) is 99.1 cm³/mol. The van der Waals surface area contributed by atoms with Gasteiger partial charge in [-0.15, -0.1) is 0 Å². The van der Waals surface area contributed by atoms with Crippen molar-refractivity contribution in [1.82, 2.24) is 14.8 Å². The van der Waals surface area contributed by atoms with E-state index in [1.165, 1.54) is 12.8 Å². The van der Waals surface area contributed by atoms with E-state index in [0.717, 1.165) is 24.0 Å². The van der Waals surface area contributed by atoms with Crippen LogP contribution in [-0.2, 0) is 4.74 Å². The van der Waals surface area contributed by atoms with Gasteiger partial charge in [-0.3, -0.25) is 9.78 Å². The average Bonchev–Trinajstić information content (AvgIpc) is 3.08. The zero-order valence-electron chi connectivity index (χ0n) is 14.9. The Balaban J connectivity index is 1.53. The lowest BCUT2D eigenvalue weighted by Crippen LogP contribution is -2.53. The summed E-state index contributed by atoms with van der Waals surface area (Å²) in [5.74, 6) is -0.103. The fourth-order valence-corrected chi connectivity index (χ4v) is 3.91. The van der Waals surface area contributed by atoms with Gasteiger partial charge in [-0.1, -0.05) is 18.2 Å². The van der Waals surface area contributed by atoms with E-state index in [4.69, 9.17) is 4.74 Å². The van der Waals surface area contributed by atoms with Crippen LogP contribution < -0.4 is 0 Å². The first-order valence-electron chi connectivity index (χ1n) is 9.30. The number of aromatic nitrogens is 1. The summed E-state index contributed by atoms with van der Waals surface area (Å²) in [7, 11) is 0. The maximum Gasteiger partial charge on any atom is 0.255 e. The van der Waals surface area contributed by atoms with E-state index in [9.17, 15) is 9.90 Å². The Hall–Kier alpha value is -2.02. The molecule has 0 bridgehead atoms. The highest BCUT2D eigenvalue weighted by atomic mass is 16.5. The maximum absolute atomic E-state index is 13.0. The van der Waals surface area contributed by atoms with E-state index in [-0.39, 0.29) is 19.1 Å². The van der Waals surface area contributed by atoms with Crippen molar-refractivity contribution in [3.8, 4) is 0 Å². The van der Waals surface area contributed by atoms with Gasteiger partial charge in [-0.05, 0) is 38.1 Å². The SMILES string of the molecule is O=C(c1cnc2ccccc2c1)N1CCOC[C@](O)(CN2CCCC2)C1. The van der Waals surface area contributed by atoms with Crippen molar-refractivity contribution < 1.29 is 14.6 Å². The number of hydrogen-bond acceptors (Lipinski definition) is 5. The number of likely N-dealkylation sites (tertiary alicyclic amines) is 1. The topological polar surface area (TPSA) is 65.9 Å². The first-order chi connectivity index (χ1) is 12.6. The van der Waals surface area contributed by atoms with E-state index in [2.05, 4.69) is 9.88 Å². The lowest BCUT2D eigenvalue weighted by Gasteiger charge is -2.34. The van der Waals surface area contributed by atoms with Crippen molar-refractivity contribution in [3.63, 3.8) is 0 Å². The molecule has 1 N–H and O–H groups in total. The van der Waals surface area contributed by atoms with Crippen LogP contribution in [0, 0.1) is 0 Å². The lowest BCUT2D eigenvalue weighted by molar-refractivity contribution is -0.0524. The number of aliphatic hydroxyl groups is 1. The molecule has 2 aliphatic rings. The van der Waals surface area contributed by atoms with Crippen LogP contribution in [-0.4, -0.2) is 77.3 Å². The number of pyridine rings is 1. The van der Waals surface area contributed by atoms with Gasteiger partial charge < -0.3 is 19.6 Å². The highest BCUT2D eigenvalue weighted by Gasteiger charge is 2.36.